The first-order valence-electron chi connectivity index (χ1n) is 4.21. The number of hydrogen-bond donors (Lipinski definition) is 1. The summed E-state index contributed by atoms with van der Waals surface area (Å²) < 4.78 is 75.3. The summed E-state index contributed by atoms with van der Waals surface area (Å²) in [4.78, 5) is 0. The molecule has 0 saturated carbocycles. The quantitative estimate of drug-likeness (QED) is 0.641. The van der Waals surface area contributed by atoms with E-state index in [1.165, 1.54) is 0 Å². The normalized spacial score (nSPS) is 13.2. The lowest BCUT2D eigenvalue weighted by Crippen LogP contribution is -2.19. The number of alkyl halides is 2. The molecule has 0 spiro atoms. The summed E-state index contributed by atoms with van der Waals surface area (Å²) in [5, 5.41) is 0. The summed E-state index contributed by atoms with van der Waals surface area (Å²) in [6.07, 6.45) is -4.02. The molecule has 1 nitrogen and oxygen atoms in total. The maximum Gasteiger partial charge on any atom is 0.240 e. The molecule has 1 aromatic rings. The Hall–Kier alpha value is -1.24. The molecule has 0 aliphatic rings. The fraction of sp³-hybridized carbons (Fsp3) is 0.333. The van der Waals surface area contributed by atoms with E-state index in [0.29, 0.717) is 0 Å². The summed E-state index contributed by atoms with van der Waals surface area (Å²) >= 11 is 0. The molecule has 1 aromatic carbocycles. The largest absolute Gasteiger partial charge is 0.324 e. The molecule has 7 heteroatoms. The van der Waals surface area contributed by atoms with Gasteiger partial charge in [0.15, 0.2) is 23.3 Å². The van der Waals surface area contributed by atoms with Gasteiger partial charge < -0.3 is 5.73 Å². The predicted molar refractivity (Wildman–Crippen MR) is 43.8 cm³/mol. The van der Waals surface area contributed by atoms with E-state index in [-0.39, 0.29) is 6.07 Å². The van der Waals surface area contributed by atoms with E-state index < -0.39 is 47.7 Å². The van der Waals surface area contributed by atoms with Crippen LogP contribution in [-0.2, 0) is 0 Å². The fourth-order valence-electron chi connectivity index (χ4n) is 1.23. The van der Waals surface area contributed by atoms with Gasteiger partial charge in [-0.2, -0.15) is 0 Å². The van der Waals surface area contributed by atoms with E-state index in [4.69, 9.17) is 5.73 Å². The van der Waals surface area contributed by atoms with E-state index in [2.05, 4.69) is 0 Å². The van der Waals surface area contributed by atoms with Gasteiger partial charge in [-0.3, -0.25) is 0 Å². The Morgan fingerprint density at radius 2 is 1.44 bits per heavy atom. The van der Waals surface area contributed by atoms with E-state index in [1.807, 2.05) is 0 Å². The van der Waals surface area contributed by atoms with Gasteiger partial charge in [0.2, 0.25) is 6.43 Å². The van der Waals surface area contributed by atoms with Crippen LogP contribution in [0.25, 0.3) is 0 Å². The minimum absolute atomic E-state index is 0.0107. The van der Waals surface area contributed by atoms with Crippen molar-refractivity contribution in [2.24, 2.45) is 5.73 Å². The molecule has 0 amide bonds. The molecule has 1 atom stereocenters. The van der Waals surface area contributed by atoms with Gasteiger partial charge in [0.25, 0.3) is 0 Å². The number of rotatable bonds is 3. The van der Waals surface area contributed by atoms with Gasteiger partial charge >= 0.3 is 0 Å². The van der Waals surface area contributed by atoms with E-state index in [1.54, 1.807) is 0 Å². The maximum absolute atomic E-state index is 13.0. The smallest absolute Gasteiger partial charge is 0.240 e. The highest BCUT2D eigenvalue weighted by Crippen LogP contribution is 2.27. The Morgan fingerprint density at radius 1 is 1.00 bits per heavy atom. The van der Waals surface area contributed by atoms with Crippen molar-refractivity contribution in [2.75, 3.05) is 0 Å². The summed E-state index contributed by atoms with van der Waals surface area (Å²) in [5.41, 5.74) is 3.85. The van der Waals surface area contributed by atoms with Gasteiger partial charge in [-0.25, -0.2) is 26.3 Å². The lowest BCUT2D eigenvalue weighted by molar-refractivity contribution is 0.127. The van der Waals surface area contributed by atoms with E-state index >= 15 is 0 Å². The second kappa shape index (κ2) is 4.73. The highest BCUT2D eigenvalue weighted by Gasteiger charge is 2.25. The topological polar surface area (TPSA) is 26.0 Å². The molecule has 0 aliphatic carbocycles. The summed E-state index contributed by atoms with van der Waals surface area (Å²) in [6.45, 7) is 0. The molecule has 0 heterocycles. The minimum Gasteiger partial charge on any atom is -0.324 e. The summed E-state index contributed by atoms with van der Waals surface area (Å²) in [6, 6.07) is -1.81. The van der Waals surface area contributed by atoms with Gasteiger partial charge in [-0.05, 0) is 0 Å². The first-order valence-corrected chi connectivity index (χ1v) is 4.21. The average molecular weight is 243 g/mol. The molecule has 1 rings (SSSR count). The van der Waals surface area contributed by atoms with Crippen molar-refractivity contribution in [1.29, 1.82) is 0 Å². The van der Waals surface area contributed by atoms with Crippen molar-refractivity contribution in [3.63, 3.8) is 0 Å². The summed E-state index contributed by atoms with van der Waals surface area (Å²) in [7, 11) is 0. The highest BCUT2D eigenvalue weighted by molar-refractivity contribution is 5.25. The Kier molecular flexibility index (Phi) is 3.79. The maximum atomic E-state index is 13.0. The van der Waals surface area contributed by atoms with Crippen molar-refractivity contribution in [1.82, 2.24) is 0 Å². The molecular weight excluding hydrogens is 236 g/mol. The van der Waals surface area contributed by atoms with Gasteiger partial charge in [-0.15, -0.1) is 0 Å². The van der Waals surface area contributed by atoms with Crippen LogP contribution in [0.4, 0.5) is 26.3 Å². The Balaban J connectivity index is 3.21. The standard InChI is InChI=1S/C9H7F6N/c10-3-1-4(11)9(15)7(8(3)14)5(16)2-6(12)13/h1,5-6H,2,16H2/t5-/m0/s1. The summed E-state index contributed by atoms with van der Waals surface area (Å²) in [5.74, 6) is -6.82. The van der Waals surface area contributed by atoms with Crippen LogP contribution in [0.15, 0.2) is 6.07 Å². The molecule has 0 radical (unpaired) electrons. The van der Waals surface area contributed by atoms with Crippen LogP contribution >= 0.6 is 0 Å². The first-order chi connectivity index (χ1) is 7.34. The van der Waals surface area contributed by atoms with Crippen LogP contribution in [-0.4, -0.2) is 6.43 Å². The second-order valence-electron chi connectivity index (χ2n) is 3.12. The van der Waals surface area contributed by atoms with Crippen LogP contribution in [0, 0.1) is 23.3 Å². The van der Waals surface area contributed by atoms with Crippen LogP contribution in [0.1, 0.15) is 18.0 Å². The number of hydrogen-bond acceptors (Lipinski definition) is 1. The molecule has 0 unspecified atom stereocenters. The van der Waals surface area contributed by atoms with Gasteiger partial charge in [0, 0.05) is 24.1 Å². The van der Waals surface area contributed by atoms with Crippen molar-refractivity contribution >= 4 is 0 Å². The van der Waals surface area contributed by atoms with Crippen molar-refractivity contribution in [3.8, 4) is 0 Å². The zero-order valence-corrected chi connectivity index (χ0v) is 7.78. The molecule has 0 fully saturated rings. The first kappa shape index (κ1) is 12.8. The Bertz CT molecular complexity index is 366. The lowest BCUT2D eigenvalue weighted by Gasteiger charge is -2.14. The van der Waals surface area contributed by atoms with Crippen LogP contribution in [0.5, 0.6) is 0 Å². The van der Waals surface area contributed by atoms with Gasteiger partial charge in [0.1, 0.15) is 0 Å². The molecule has 0 bridgehead atoms. The van der Waals surface area contributed by atoms with Crippen LogP contribution in [0.2, 0.25) is 0 Å². The molecule has 0 aromatic heterocycles. The van der Waals surface area contributed by atoms with E-state index in [0.717, 1.165) is 0 Å². The van der Waals surface area contributed by atoms with Gasteiger partial charge in [-0.1, -0.05) is 0 Å². The van der Waals surface area contributed by atoms with Crippen LogP contribution in [0.3, 0.4) is 0 Å². The average Bonchev–Trinajstić information content (AvgIpc) is 2.14. The Labute approximate surface area is 86.9 Å². The molecule has 0 saturated heterocycles. The molecular formula is C9H7F6N. The Morgan fingerprint density at radius 3 is 1.81 bits per heavy atom. The number of nitrogens with two attached hydrogens (primary N) is 1. The molecule has 16 heavy (non-hydrogen) atoms. The zero-order chi connectivity index (χ0) is 12.5. The highest BCUT2D eigenvalue weighted by atomic mass is 19.3. The third kappa shape index (κ3) is 2.46. The van der Waals surface area contributed by atoms with Crippen molar-refractivity contribution in [3.05, 3.63) is 34.9 Å². The molecule has 0 aliphatic heterocycles. The molecule has 90 valence electrons. The minimum atomic E-state index is -2.93. The lowest BCUT2D eigenvalue weighted by atomic mass is 10.0. The van der Waals surface area contributed by atoms with Crippen molar-refractivity contribution < 1.29 is 26.3 Å². The predicted octanol–water partition coefficient (Wildman–Crippen LogP) is 2.90. The van der Waals surface area contributed by atoms with Crippen LogP contribution < -0.4 is 5.73 Å². The second-order valence-corrected chi connectivity index (χ2v) is 3.12. The zero-order valence-electron chi connectivity index (χ0n) is 7.78. The van der Waals surface area contributed by atoms with E-state index in [9.17, 15) is 26.3 Å². The third-order valence-corrected chi connectivity index (χ3v) is 1.95. The fourth-order valence-corrected chi connectivity index (χ4v) is 1.23. The molecule has 2 N–H and O–H groups in total. The number of halogens is 6. The monoisotopic (exact) mass is 243 g/mol. The van der Waals surface area contributed by atoms with Crippen molar-refractivity contribution in [2.45, 2.75) is 18.9 Å². The SMILES string of the molecule is N[C@@H](CC(F)F)c1c(F)c(F)cc(F)c1F. The third-order valence-electron chi connectivity index (χ3n) is 1.95. The van der Waals surface area contributed by atoms with Gasteiger partial charge in [0.05, 0.1) is 0 Å². The number of benzene rings is 1.